The van der Waals surface area contributed by atoms with E-state index in [1.807, 2.05) is 27.7 Å². The third-order valence-corrected chi connectivity index (χ3v) is 7.50. The van der Waals surface area contributed by atoms with E-state index in [0.29, 0.717) is 18.1 Å². The first-order valence-corrected chi connectivity index (χ1v) is 12.6. The highest BCUT2D eigenvalue weighted by molar-refractivity contribution is 7.80. The number of benzene rings is 1. The second kappa shape index (κ2) is 9.29. The minimum Gasteiger partial charge on any atom is -0.487 e. The van der Waals surface area contributed by atoms with Crippen molar-refractivity contribution in [3.8, 4) is 11.5 Å². The van der Waals surface area contributed by atoms with Crippen LogP contribution < -0.4 is 14.4 Å². The number of esters is 1. The van der Waals surface area contributed by atoms with Gasteiger partial charge in [0.25, 0.3) is 0 Å². The Labute approximate surface area is 208 Å². The third-order valence-electron chi connectivity index (χ3n) is 7.13. The number of nitrogens with zero attached hydrogens (tertiary/aromatic N) is 2. The molecule has 2 aliphatic rings. The number of hydrogen-bond donors (Lipinski definition) is 0. The molecule has 1 aromatic carbocycles. The summed E-state index contributed by atoms with van der Waals surface area (Å²) in [7, 11) is 0. The molecule has 0 amide bonds. The van der Waals surface area contributed by atoms with E-state index in [1.165, 1.54) is 25.3 Å². The number of thiocarbonyl (C=S) groups is 1. The Morgan fingerprint density at radius 2 is 1.88 bits per heavy atom. The van der Waals surface area contributed by atoms with Crippen molar-refractivity contribution in [2.24, 2.45) is 5.92 Å². The summed E-state index contributed by atoms with van der Waals surface area (Å²) in [5.74, 6) is 2.92. The number of rotatable bonds is 6. The van der Waals surface area contributed by atoms with E-state index < -0.39 is 5.60 Å². The van der Waals surface area contributed by atoms with Crippen molar-refractivity contribution in [3.05, 3.63) is 45.6 Å². The number of aryl methyl sites for hydroxylation is 2. The van der Waals surface area contributed by atoms with E-state index in [-0.39, 0.29) is 5.97 Å². The minimum absolute atomic E-state index is 0.298. The van der Waals surface area contributed by atoms with Crippen LogP contribution >= 0.6 is 12.2 Å². The average molecular weight is 481 g/mol. The molecule has 4 rings (SSSR count). The molecule has 1 unspecified atom stereocenters. The monoisotopic (exact) mass is 480 g/mol. The van der Waals surface area contributed by atoms with Crippen LogP contribution in [0, 0.1) is 40.5 Å². The molecule has 6 heteroatoms. The van der Waals surface area contributed by atoms with Crippen molar-refractivity contribution >= 4 is 29.0 Å². The van der Waals surface area contributed by atoms with Crippen LogP contribution in [0.5, 0.6) is 11.5 Å². The van der Waals surface area contributed by atoms with Gasteiger partial charge in [-0.2, -0.15) is 0 Å². The molecule has 5 nitrogen and oxygen atoms in total. The van der Waals surface area contributed by atoms with Gasteiger partial charge in [0.2, 0.25) is 0 Å². The first kappa shape index (κ1) is 24.6. The molecule has 1 fully saturated rings. The largest absolute Gasteiger partial charge is 0.487 e. The van der Waals surface area contributed by atoms with Crippen molar-refractivity contribution in [3.63, 3.8) is 0 Å². The first-order chi connectivity index (χ1) is 16.0. The van der Waals surface area contributed by atoms with Gasteiger partial charge in [0.1, 0.15) is 22.9 Å². The van der Waals surface area contributed by atoms with Gasteiger partial charge >= 0.3 is 5.97 Å². The molecular formula is C28H36N2O3S. The fourth-order valence-electron chi connectivity index (χ4n) is 4.96. The number of aromatic nitrogens is 1. The van der Waals surface area contributed by atoms with Crippen LogP contribution in [0.25, 0.3) is 0 Å². The van der Waals surface area contributed by atoms with E-state index in [9.17, 15) is 4.79 Å². The summed E-state index contributed by atoms with van der Waals surface area (Å²) in [4.78, 5) is 19.6. The van der Waals surface area contributed by atoms with Crippen LogP contribution in [0.4, 0.5) is 5.82 Å². The van der Waals surface area contributed by atoms with Gasteiger partial charge in [0, 0.05) is 31.1 Å². The van der Waals surface area contributed by atoms with Crippen molar-refractivity contribution in [2.45, 2.75) is 86.2 Å². The molecular weight excluding hydrogens is 444 g/mol. The Bertz CT molecular complexity index is 1130. The highest BCUT2D eigenvalue weighted by Crippen LogP contribution is 2.45. The fourth-order valence-corrected chi connectivity index (χ4v) is 5.43. The lowest BCUT2D eigenvalue weighted by Gasteiger charge is -2.39. The van der Waals surface area contributed by atoms with Gasteiger partial charge in [-0.15, -0.1) is 0 Å². The van der Waals surface area contributed by atoms with E-state index in [1.54, 1.807) is 0 Å². The van der Waals surface area contributed by atoms with Crippen LogP contribution in [-0.2, 0) is 11.2 Å². The van der Waals surface area contributed by atoms with Crippen molar-refractivity contribution in [1.82, 2.24) is 4.98 Å². The predicted molar refractivity (Wildman–Crippen MR) is 140 cm³/mol. The zero-order valence-electron chi connectivity index (χ0n) is 21.5. The van der Waals surface area contributed by atoms with Gasteiger partial charge in [-0.1, -0.05) is 12.2 Å². The van der Waals surface area contributed by atoms with E-state index in [0.717, 1.165) is 63.9 Å². The molecule has 0 spiro atoms. The number of fused-ring (bicyclic) bond motifs is 1. The first-order valence-electron chi connectivity index (χ1n) is 12.2. The van der Waals surface area contributed by atoms with Crippen molar-refractivity contribution in [1.29, 1.82) is 0 Å². The molecule has 1 aliphatic carbocycles. The standard InChI is InChI=1S/C28H36N2O3S/c1-16-12-17(2)29-24(13-16)30(15-22-8-9-22)25(34)14-28(7)11-10-23-20(5)26(32-21(6)31)18(3)19(4)27(23)33-28/h12-13,22H,8-11,14-15H2,1-7H3. The normalized spacial score (nSPS) is 19.3. The number of carbonyl (C=O) groups excluding carboxylic acids is 1. The Morgan fingerprint density at radius 1 is 1.18 bits per heavy atom. The summed E-state index contributed by atoms with van der Waals surface area (Å²) in [6, 6.07) is 4.23. The van der Waals surface area contributed by atoms with E-state index in [4.69, 9.17) is 26.7 Å². The zero-order chi connectivity index (χ0) is 24.8. The number of anilines is 1. The molecule has 0 bridgehead atoms. The maximum atomic E-state index is 11.6. The van der Waals surface area contributed by atoms with Crippen molar-refractivity contribution < 1.29 is 14.3 Å². The SMILES string of the molecule is CC(=O)Oc1c(C)c(C)c2c(c1C)CCC(C)(CC(=S)N(CC1CC1)c1cc(C)cc(C)n1)O2. The van der Waals surface area contributed by atoms with Gasteiger partial charge in [-0.05, 0) is 108 Å². The summed E-state index contributed by atoms with van der Waals surface area (Å²) in [6.07, 6.45) is 4.88. The fraction of sp³-hybridized carbons (Fsp3) is 0.536. The number of hydrogen-bond acceptors (Lipinski definition) is 5. The minimum atomic E-state index is -0.405. The molecule has 2 aromatic rings. The second-order valence-electron chi connectivity index (χ2n) is 10.4. The van der Waals surface area contributed by atoms with Gasteiger partial charge in [-0.25, -0.2) is 4.98 Å². The van der Waals surface area contributed by atoms with Crippen LogP contribution in [0.3, 0.4) is 0 Å². The van der Waals surface area contributed by atoms with Crippen LogP contribution in [0.15, 0.2) is 12.1 Å². The molecule has 0 saturated heterocycles. The molecule has 0 radical (unpaired) electrons. The van der Waals surface area contributed by atoms with E-state index in [2.05, 4.69) is 30.9 Å². The third kappa shape index (κ3) is 5.12. The highest BCUT2D eigenvalue weighted by atomic mass is 32.1. The number of carbonyl (C=O) groups is 1. The van der Waals surface area contributed by atoms with Gasteiger partial charge in [0.15, 0.2) is 0 Å². The van der Waals surface area contributed by atoms with Crippen LogP contribution in [0.2, 0.25) is 0 Å². The lowest BCUT2D eigenvalue weighted by molar-refractivity contribution is -0.132. The molecule has 0 N–H and O–H groups in total. The van der Waals surface area contributed by atoms with Gasteiger partial charge in [0.05, 0.1) is 4.99 Å². The maximum absolute atomic E-state index is 11.6. The Balaban J connectivity index is 1.61. The van der Waals surface area contributed by atoms with Gasteiger partial charge in [-0.3, -0.25) is 4.79 Å². The lowest BCUT2D eigenvalue weighted by atomic mass is 9.85. The lowest BCUT2D eigenvalue weighted by Crippen LogP contribution is -2.44. The molecule has 2 heterocycles. The Kier molecular flexibility index (Phi) is 6.74. The second-order valence-corrected chi connectivity index (χ2v) is 10.9. The average Bonchev–Trinajstić information content (AvgIpc) is 3.56. The molecule has 1 atom stereocenters. The Morgan fingerprint density at radius 3 is 2.50 bits per heavy atom. The summed E-state index contributed by atoms with van der Waals surface area (Å²) in [5, 5.41) is 0. The zero-order valence-corrected chi connectivity index (χ0v) is 22.3. The van der Waals surface area contributed by atoms with Crippen LogP contribution in [0.1, 0.15) is 73.0 Å². The quantitative estimate of drug-likeness (QED) is 0.276. The molecule has 1 aliphatic heterocycles. The molecule has 34 heavy (non-hydrogen) atoms. The summed E-state index contributed by atoms with van der Waals surface area (Å²) in [6.45, 7) is 14.7. The van der Waals surface area contributed by atoms with E-state index >= 15 is 0 Å². The van der Waals surface area contributed by atoms with Gasteiger partial charge < -0.3 is 14.4 Å². The Hall–Kier alpha value is -2.47. The topological polar surface area (TPSA) is 51.7 Å². The highest BCUT2D eigenvalue weighted by Gasteiger charge is 2.38. The number of pyridine rings is 1. The van der Waals surface area contributed by atoms with Crippen LogP contribution in [-0.4, -0.2) is 28.1 Å². The molecule has 1 saturated carbocycles. The van der Waals surface area contributed by atoms with Crippen molar-refractivity contribution in [2.75, 3.05) is 11.4 Å². The summed E-state index contributed by atoms with van der Waals surface area (Å²) < 4.78 is 12.3. The molecule has 182 valence electrons. The summed E-state index contributed by atoms with van der Waals surface area (Å²) >= 11 is 6.04. The number of ether oxygens (including phenoxy) is 2. The predicted octanol–water partition coefficient (Wildman–Crippen LogP) is 6.27. The maximum Gasteiger partial charge on any atom is 0.308 e. The summed E-state index contributed by atoms with van der Waals surface area (Å²) in [5.41, 5.74) is 5.91. The molecule has 1 aromatic heterocycles. The smallest absolute Gasteiger partial charge is 0.308 e.